The monoisotopic (exact) mass is 195 g/mol. The maximum absolute atomic E-state index is 4.12. The lowest BCUT2D eigenvalue weighted by atomic mass is 9.97. The molecule has 0 atom stereocenters. The molecule has 0 aromatic carbocycles. The first kappa shape index (κ1) is 11.2. The predicted octanol–water partition coefficient (Wildman–Crippen LogP) is 2.67. The molecule has 1 aromatic rings. The van der Waals surface area contributed by atoms with Crippen molar-refractivity contribution in [2.75, 3.05) is 0 Å². The first-order chi connectivity index (χ1) is 6.53. The molecule has 0 fully saturated rings. The van der Waals surface area contributed by atoms with Crippen LogP contribution < -0.4 is 0 Å². The number of aryl methyl sites for hydroxylation is 1. The zero-order chi connectivity index (χ0) is 10.6. The van der Waals surface area contributed by atoms with Crippen molar-refractivity contribution in [2.24, 2.45) is 5.41 Å². The molecular formula is C11H21N3. The molecule has 0 unspecified atom stereocenters. The molecule has 0 aliphatic heterocycles. The van der Waals surface area contributed by atoms with E-state index in [1.165, 1.54) is 18.5 Å². The van der Waals surface area contributed by atoms with Gasteiger partial charge in [-0.2, -0.15) is 0 Å². The molecule has 0 saturated carbocycles. The molecule has 0 amide bonds. The Labute approximate surface area is 86.5 Å². The average Bonchev–Trinajstić information content (AvgIpc) is 2.45. The summed E-state index contributed by atoms with van der Waals surface area (Å²) in [6.07, 6.45) is 5.43. The highest BCUT2D eigenvalue weighted by atomic mass is 15.4. The van der Waals surface area contributed by atoms with Crippen molar-refractivity contribution < 1.29 is 0 Å². The SMILES string of the molecule is CCCCc1cnnn1CC(C)(C)C. The van der Waals surface area contributed by atoms with Crippen LogP contribution in [0.1, 0.15) is 46.2 Å². The van der Waals surface area contributed by atoms with E-state index in [4.69, 9.17) is 0 Å². The van der Waals surface area contributed by atoms with Crippen LogP contribution in [-0.4, -0.2) is 15.0 Å². The number of aromatic nitrogens is 3. The standard InChI is InChI=1S/C11H21N3/c1-5-6-7-10-8-12-13-14(10)9-11(2,3)4/h8H,5-7,9H2,1-4H3. The molecule has 3 nitrogen and oxygen atoms in total. The molecule has 0 radical (unpaired) electrons. The van der Waals surface area contributed by atoms with E-state index in [0.29, 0.717) is 0 Å². The summed E-state index contributed by atoms with van der Waals surface area (Å²) in [5.41, 5.74) is 1.54. The van der Waals surface area contributed by atoms with Crippen LogP contribution in [0, 0.1) is 5.41 Å². The molecule has 1 aromatic heterocycles. The fourth-order valence-electron chi connectivity index (χ4n) is 1.41. The van der Waals surface area contributed by atoms with Gasteiger partial charge in [-0.1, -0.05) is 39.3 Å². The quantitative estimate of drug-likeness (QED) is 0.739. The Morgan fingerprint density at radius 2 is 2.07 bits per heavy atom. The minimum atomic E-state index is 0.272. The second-order valence-electron chi connectivity index (χ2n) is 5.05. The summed E-state index contributed by atoms with van der Waals surface area (Å²) in [5.74, 6) is 0. The number of rotatable bonds is 4. The largest absolute Gasteiger partial charge is 0.249 e. The average molecular weight is 195 g/mol. The van der Waals surface area contributed by atoms with Crippen molar-refractivity contribution in [3.05, 3.63) is 11.9 Å². The van der Waals surface area contributed by atoms with E-state index in [2.05, 4.69) is 38.0 Å². The first-order valence-corrected chi connectivity index (χ1v) is 5.40. The smallest absolute Gasteiger partial charge is 0.0725 e. The van der Waals surface area contributed by atoms with E-state index in [1.54, 1.807) is 0 Å². The third-order valence-electron chi connectivity index (χ3n) is 2.11. The molecule has 1 rings (SSSR count). The number of nitrogens with zero attached hydrogens (tertiary/aromatic N) is 3. The molecule has 0 spiro atoms. The molecule has 0 saturated heterocycles. The molecular weight excluding hydrogens is 174 g/mol. The second kappa shape index (κ2) is 4.58. The van der Waals surface area contributed by atoms with Gasteiger partial charge in [-0.25, -0.2) is 4.68 Å². The van der Waals surface area contributed by atoms with Crippen LogP contribution >= 0.6 is 0 Å². The summed E-state index contributed by atoms with van der Waals surface area (Å²) >= 11 is 0. The third kappa shape index (κ3) is 3.48. The van der Waals surface area contributed by atoms with Crippen LogP contribution in [0.5, 0.6) is 0 Å². The van der Waals surface area contributed by atoms with E-state index in [0.717, 1.165) is 13.0 Å². The number of hydrogen-bond donors (Lipinski definition) is 0. The lowest BCUT2D eigenvalue weighted by molar-refractivity contribution is 0.315. The van der Waals surface area contributed by atoms with E-state index in [-0.39, 0.29) is 5.41 Å². The second-order valence-corrected chi connectivity index (χ2v) is 5.05. The predicted molar refractivity (Wildman–Crippen MR) is 58.1 cm³/mol. The van der Waals surface area contributed by atoms with Gasteiger partial charge in [0, 0.05) is 6.54 Å². The van der Waals surface area contributed by atoms with Crippen molar-refractivity contribution in [3.8, 4) is 0 Å². The van der Waals surface area contributed by atoms with Crippen LogP contribution in [0.4, 0.5) is 0 Å². The topological polar surface area (TPSA) is 30.7 Å². The Balaban J connectivity index is 2.63. The first-order valence-electron chi connectivity index (χ1n) is 5.40. The Hall–Kier alpha value is -0.860. The van der Waals surface area contributed by atoms with Gasteiger partial charge in [0.05, 0.1) is 11.9 Å². The Morgan fingerprint density at radius 3 is 2.64 bits per heavy atom. The molecule has 3 heteroatoms. The van der Waals surface area contributed by atoms with Crippen LogP contribution in [-0.2, 0) is 13.0 Å². The van der Waals surface area contributed by atoms with Gasteiger partial charge in [0.25, 0.3) is 0 Å². The molecule has 80 valence electrons. The van der Waals surface area contributed by atoms with E-state index < -0.39 is 0 Å². The fraction of sp³-hybridized carbons (Fsp3) is 0.818. The summed E-state index contributed by atoms with van der Waals surface area (Å²) in [7, 11) is 0. The van der Waals surface area contributed by atoms with E-state index in [1.807, 2.05) is 10.9 Å². The minimum absolute atomic E-state index is 0.272. The van der Waals surface area contributed by atoms with E-state index in [9.17, 15) is 0 Å². The van der Waals surface area contributed by atoms with Crippen molar-refractivity contribution in [3.63, 3.8) is 0 Å². The van der Waals surface area contributed by atoms with Gasteiger partial charge >= 0.3 is 0 Å². The molecule has 0 aliphatic carbocycles. The van der Waals surface area contributed by atoms with Crippen molar-refractivity contribution >= 4 is 0 Å². The molecule has 0 bridgehead atoms. The Bertz CT molecular complexity index is 270. The maximum atomic E-state index is 4.12. The minimum Gasteiger partial charge on any atom is -0.249 e. The van der Waals surface area contributed by atoms with E-state index >= 15 is 0 Å². The van der Waals surface area contributed by atoms with Crippen LogP contribution in [0.15, 0.2) is 6.20 Å². The molecule has 1 heterocycles. The van der Waals surface area contributed by atoms with Gasteiger partial charge in [-0.15, -0.1) is 5.10 Å². The summed E-state index contributed by atoms with van der Waals surface area (Å²) in [5, 5.41) is 8.09. The highest BCUT2D eigenvalue weighted by Crippen LogP contribution is 2.17. The summed E-state index contributed by atoms with van der Waals surface area (Å²) < 4.78 is 2.04. The number of hydrogen-bond acceptors (Lipinski definition) is 2. The summed E-state index contributed by atoms with van der Waals surface area (Å²) in [6.45, 7) is 9.82. The van der Waals surface area contributed by atoms with Crippen molar-refractivity contribution in [1.82, 2.24) is 15.0 Å². The van der Waals surface area contributed by atoms with Gasteiger partial charge < -0.3 is 0 Å². The fourth-order valence-corrected chi connectivity index (χ4v) is 1.41. The van der Waals surface area contributed by atoms with Crippen LogP contribution in [0.25, 0.3) is 0 Å². The molecule has 0 aliphatic rings. The highest BCUT2D eigenvalue weighted by Gasteiger charge is 2.14. The van der Waals surface area contributed by atoms with Crippen LogP contribution in [0.3, 0.4) is 0 Å². The summed E-state index contributed by atoms with van der Waals surface area (Å²) in [6, 6.07) is 0. The zero-order valence-corrected chi connectivity index (χ0v) is 9.75. The maximum Gasteiger partial charge on any atom is 0.0725 e. The van der Waals surface area contributed by atoms with Gasteiger partial charge in [0.1, 0.15) is 0 Å². The lowest BCUT2D eigenvalue weighted by Gasteiger charge is -2.18. The highest BCUT2D eigenvalue weighted by molar-refractivity contribution is 4.94. The third-order valence-corrected chi connectivity index (χ3v) is 2.11. The van der Waals surface area contributed by atoms with Crippen molar-refractivity contribution in [2.45, 2.75) is 53.5 Å². The molecule has 0 N–H and O–H groups in total. The van der Waals surface area contributed by atoms with Crippen molar-refractivity contribution in [1.29, 1.82) is 0 Å². The summed E-state index contributed by atoms with van der Waals surface area (Å²) in [4.78, 5) is 0. The van der Waals surface area contributed by atoms with Gasteiger partial charge in [0.15, 0.2) is 0 Å². The molecule has 14 heavy (non-hydrogen) atoms. The van der Waals surface area contributed by atoms with Gasteiger partial charge in [-0.05, 0) is 18.3 Å². The van der Waals surface area contributed by atoms with Crippen LogP contribution in [0.2, 0.25) is 0 Å². The van der Waals surface area contributed by atoms with Gasteiger partial charge in [-0.3, -0.25) is 0 Å². The Kier molecular flexibility index (Phi) is 3.67. The zero-order valence-electron chi connectivity index (χ0n) is 9.75. The lowest BCUT2D eigenvalue weighted by Crippen LogP contribution is -2.18. The Morgan fingerprint density at radius 1 is 1.36 bits per heavy atom. The van der Waals surface area contributed by atoms with Gasteiger partial charge in [0.2, 0.25) is 0 Å². The normalized spacial score (nSPS) is 12.0. The number of unbranched alkanes of at least 4 members (excludes halogenated alkanes) is 1.